The number of amides is 1. The van der Waals surface area contributed by atoms with Crippen LogP contribution in [0, 0.1) is 23.2 Å². The number of nitrogens with one attached hydrogen (secondary N) is 1. The first-order valence-corrected chi connectivity index (χ1v) is 12.6. The van der Waals surface area contributed by atoms with Gasteiger partial charge in [-0.3, -0.25) is 9.59 Å². The molecule has 6 rings (SSSR count). The van der Waals surface area contributed by atoms with Gasteiger partial charge in [0.25, 0.3) is 5.91 Å². The van der Waals surface area contributed by atoms with Crippen molar-refractivity contribution < 1.29 is 19.1 Å². The average molecular weight is 462 g/mol. The Balaban J connectivity index is 1.31. The topological polar surface area (TPSA) is 64.6 Å². The van der Waals surface area contributed by atoms with Gasteiger partial charge in [0.05, 0.1) is 19.8 Å². The Morgan fingerprint density at radius 3 is 2.03 bits per heavy atom. The minimum Gasteiger partial charge on any atom is -0.497 e. The standard InChI is InChI=1S/C29H35NO4/c1-4-26(29-15-18-11-19(16-29)13-20(12-18)17-29)30-28(32)22-7-5-21(6-8-22)27(31)24-14-23(33-2)9-10-25(24)34-3/h5-10,14,18-20,26H,4,11-13,15-17H2,1-3H3,(H,30,32)/t18?,19?,20?,26-,29?/m0/s1. The molecule has 4 aliphatic carbocycles. The lowest BCUT2D eigenvalue weighted by Gasteiger charge is -2.59. The predicted octanol–water partition coefficient (Wildman–Crippen LogP) is 5.66. The molecule has 2 aromatic carbocycles. The molecule has 5 nitrogen and oxygen atoms in total. The van der Waals surface area contributed by atoms with Crippen molar-refractivity contribution in [3.05, 3.63) is 59.2 Å². The second kappa shape index (κ2) is 9.09. The van der Waals surface area contributed by atoms with Crippen LogP contribution < -0.4 is 14.8 Å². The minimum absolute atomic E-state index is 0.0412. The van der Waals surface area contributed by atoms with E-state index in [1.165, 1.54) is 38.5 Å². The molecule has 4 bridgehead atoms. The van der Waals surface area contributed by atoms with Crippen LogP contribution in [0.5, 0.6) is 11.5 Å². The van der Waals surface area contributed by atoms with E-state index in [0.717, 1.165) is 24.2 Å². The molecule has 0 unspecified atom stereocenters. The van der Waals surface area contributed by atoms with Gasteiger partial charge in [-0.05, 0) is 98.4 Å². The molecule has 0 aliphatic heterocycles. The number of hydrogen-bond donors (Lipinski definition) is 1. The number of hydrogen-bond acceptors (Lipinski definition) is 4. The van der Waals surface area contributed by atoms with Crippen LogP contribution in [-0.4, -0.2) is 32.0 Å². The molecule has 0 heterocycles. The largest absolute Gasteiger partial charge is 0.497 e. The van der Waals surface area contributed by atoms with Crippen molar-refractivity contribution in [2.45, 2.75) is 57.9 Å². The van der Waals surface area contributed by atoms with Gasteiger partial charge in [-0.1, -0.05) is 19.1 Å². The van der Waals surface area contributed by atoms with Gasteiger partial charge in [-0.2, -0.15) is 0 Å². The van der Waals surface area contributed by atoms with E-state index in [1.54, 1.807) is 56.7 Å². The first-order chi connectivity index (χ1) is 16.4. The van der Waals surface area contributed by atoms with Crippen LogP contribution >= 0.6 is 0 Å². The highest BCUT2D eigenvalue weighted by atomic mass is 16.5. The summed E-state index contributed by atoms with van der Waals surface area (Å²) in [6.07, 6.45) is 8.98. The van der Waals surface area contributed by atoms with E-state index in [4.69, 9.17) is 9.47 Å². The molecule has 5 heteroatoms. The molecule has 0 spiro atoms. The maximum absolute atomic E-state index is 13.2. The van der Waals surface area contributed by atoms with Crippen LogP contribution in [0.25, 0.3) is 0 Å². The Labute approximate surface area is 202 Å². The molecule has 0 aromatic heterocycles. The van der Waals surface area contributed by atoms with E-state index in [2.05, 4.69) is 12.2 Å². The van der Waals surface area contributed by atoms with Gasteiger partial charge in [0.2, 0.25) is 0 Å². The summed E-state index contributed by atoms with van der Waals surface area (Å²) in [6, 6.07) is 12.3. The van der Waals surface area contributed by atoms with Crippen molar-refractivity contribution in [3.8, 4) is 11.5 Å². The van der Waals surface area contributed by atoms with Gasteiger partial charge >= 0.3 is 0 Å². The van der Waals surface area contributed by atoms with E-state index in [0.29, 0.717) is 28.2 Å². The second-order valence-corrected chi connectivity index (χ2v) is 10.7. The monoisotopic (exact) mass is 461 g/mol. The smallest absolute Gasteiger partial charge is 0.251 e. The lowest BCUT2D eigenvalue weighted by Crippen LogP contribution is -2.56. The zero-order valence-electron chi connectivity index (χ0n) is 20.4. The molecule has 1 N–H and O–H groups in total. The first kappa shape index (κ1) is 22.9. The molecule has 180 valence electrons. The lowest BCUT2D eigenvalue weighted by atomic mass is 9.47. The normalized spacial score (nSPS) is 27.8. The summed E-state index contributed by atoms with van der Waals surface area (Å²) < 4.78 is 10.6. The summed E-state index contributed by atoms with van der Waals surface area (Å²) in [4.78, 5) is 26.3. The summed E-state index contributed by atoms with van der Waals surface area (Å²) in [6.45, 7) is 2.20. The zero-order chi connectivity index (χ0) is 23.9. The highest BCUT2D eigenvalue weighted by Crippen LogP contribution is 2.61. The van der Waals surface area contributed by atoms with E-state index < -0.39 is 0 Å². The highest BCUT2D eigenvalue weighted by Gasteiger charge is 2.54. The molecule has 4 saturated carbocycles. The van der Waals surface area contributed by atoms with Crippen molar-refractivity contribution in [1.29, 1.82) is 0 Å². The number of rotatable bonds is 8. The average Bonchev–Trinajstić information content (AvgIpc) is 2.85. The highest BCUT2D eigenvalue weighted by molar-refractivity contribution is 6.11. The molecular formula is C29H35NO4. The summed E-state index contributed by atoms with van der Waals surface area (Å²) in [5.41, 5.74) is 1.82. The number of carbonyl (C=O) groups excluding carboxylic acids is 2. The SMILES string of the molecule is CC[C@H](NC(=O)c1ccc(C(=O)c2cc(OC)ccc2OC)cc1)C12CC3CC(CC(C3)C1)C2. The minimum atomic E-state index is -0.164. The van der Waals surface area contributed by atoms with Gasteiger partial charge < -0.3 is 14.8 Å². The van der Waals surface area contributed by atoms with E-state index in [9.17, 15) is 9.59 Å². The first-order valence-electron chi connectivity index (χ1n) is 12.6. The molecule has 1 amide bonds. The lowest BCUT2D eigenvalue weighted by molar-refractivity contribution is -0.0727. The van der Waals surface area contributed by atoms with Gasteiger partial charge in [0.1, 0.15) is 11.5 Å². The van der Waals surface area contributed by atoms with E-state index in [-0.39, 0.29) is 23.1 Å². The molecule has 34 heavy (non-hydrogen) atoms. The quantitative estimate of drug-likeness (QED) is 0.515. The third kappa shape index (κ3) is 4.10. The Morgan fingerprint density at radius 1 is 0.912 bits per heavy atom. The van der Waals surface area contributed by atoms with E-state index >= 15 is 0 Å². The molecule has 0 radical (unpaired) electrons. The second-order valence-electron chi connectivity index (χ2n) is 10.7. The molecule has 2 aromatic rings. The van der Waals surface area contributed by atoms with Gasteiger partial charge in [0, 0.05) is 17.2 Å². The summed E-state index contributed by atoms with van der Waals surface area (Å²) >= 11 is 0. The van der Waals surface area contributed by atoms with Crippen LogP contribution in [-0.2, 0) is 0 Å². The number of methoxy groups -OCH3 is 2. The third-order valence-electron chi connectivity index (χ3n) is 8.60. The Hall–Kier alpha value is -2.82. The van der Waals surface area contributed by atoms with Crippen LogP contribution in [0.1, 0.15) is 78.1 Å². The maximum Gasteiger partial charge on any atom is 0.251 e. The van der Waals surface area contributed by atoms with Crippen LogP contribution in [0.4, 0.5) is 0 Å². The number of ketones is 1. The van der Waals surface area contributed by atoms with E-state index in [1.807, 2.05) is 0 Å². The Kier molecular flexibility index (Phi) is 6.13. The summed E-state index contributed by atoms with van der Waals surface area (Å²) in [5, 5.41) is 3.39. The molecule has 0 saturated heterocycles. The third-order valence-corrected chi connectivity index (χ3v) is 8.60. The zero-order valence-corrected chi connectivity index (χ0v) is 20.4. The molecular weight excluding hydrogens is 426 g/mol. The van der Waals surface area contributed by atoms with Crippen LogP contribution in [0.15, 0.2) is 42.5 Å². The maximum atomic E-state index is 13.2. The Bertz CT molecular complexity index is 1040. The van der Waals surface area contributed by atoms with Crippen LogP contribution in [0.3, 0.4) is 0 Å². The fraction of sp³-hybridized carbons (Fsp3) is 0.517. The number of ether oxygens (including phenoxy) is 2. The molecule has 4 fully saturated rings. The van der Waals surface area contributed by atoms with Gasteiger partial charge in [-0.25, -0.2) is 0 Å². The molecule has 4 aliphatic rings. The van der Waals surface area contributed by atoms with Crippen LogP contribution in [0.2, 0.25) is 0 Å². The fourth-order valence-electron chi connectivity index (χ4n) is 7.45. The number of benzene rings is 2. The van der Waals surface area contributed by atoms with Gasteiger partial charge in [-0.15, -0.1) is 0 Å². The van der Waals surface area contributed by atoms with Crippen molar-refractivity contribution in [3.63, 3.8) is 0 Å². The van der Waals surface area contributed by atoms with Crippen molar-refractivity contribution >= 4 is 11.7 Å². The fourth-order valence-corrected chi connectivity index (χ4v) is 7.45. The number of carbonyl (C=O) groups is 2. The Morgan fingerprint density at radius 2 is 1.50 bits per heavy atom. The summed E-state index contributed by atoms with van der Waals surface area (Å²) in [7, 11) is 3.11. The van der Waals surface area contributed by atoms with Gasteiger partial charge in [0.15, 0.2) is 5.78 Å². The van der Waals surface area contributed by atoms with Crippen molar-refractivity contribution in [2.24, 2.45) is 23.2 Å². The summed E-state index contributed by atoms with van der Waals surface area (Å²) in [5.74, 6) is 3.45. The molecule has 1 atom stereocenters. The van der Waals surface area contributed by atoms with Crippen molar-refractivity contribution in [2.75, 3.05) is 14.2 Å². The van der Waals surface area contributed by atoms with Crippen molar-refractivity contribution in [1.82, 2.24) is 5.32 Å². The predicted molar refractivity (Wildman–Crippen MR) is 132 cm³/mol.